The van der Waals surface area contributed by atoms with E-state index in [0.717, 1.165) is 18.4 Å². The summed E-state index contributed by atoms with van der Waals surface area (Å²) in [5.41, 5.74) is 0.920. The van der Waals surface area contributed by atoms with E-state index >= 15 is 0 Å². The number of halogens is 4. The number of nitrogens with one attached hydrogen (secondary N) is 2. The predicted molar refractivity (Wildman–Crippen MR) is 117 cm³/mol. The third-order valence-electron chi connectivity index (χ3n) is 3.67. The lowest BCUT2D eigenvalue weighted by atomic mass is 10.1. The minimum absolute atomic E-state index is 0. The molecule has 0 spiro atoms. The minimum atomic E-state index is -4.20. The molecule has 162 valence electrons. The van der Waals surface area contributed by atoms with Crippen LogP contribution in [-0.2, 0) is 0 Å². The average molecular weight is 517 g/mol. The van der Waals surface area contributed by atoms with Crippen LogP contribution in [-0.4, -0.2) is 38.9 Å². The first-order valence-electron chi connectivity index (χ1n) is 9.24. The molecule has 0 aliphatic heterocycles. The van der Waals surface area contributed by atoms with Crippen molar-refractivity contribution in [3.05, 3.63) is 23.8 Å². The van der Waals surface area contributed by atoms with E-state index in [4.69, 9.17) is 9.47 Å². The van der Waals surface area contributed by atoms with E-state index in [2.05, 4.69) is 15.6 Å². The van der Waals surface area contributed by atoms with Gasteiger partial charge in [-0.3, -0.25) is 4.99 Å². The molecular weight excluding hydrogens is 486 g/mol. The van der Waals surface area contributed by atoms with Gasteiger partial charge in [0, 0.05) is 13.6 Å². The Morgan fingerprint density at radius 3 is 2.25 bits per heavy atom. The third-order valence-corrected chi connectivity index (χ3v) is 3.67. The fraction of sp³-hybridized carbons (Fsp3) is 0.632. The highest BCUT2D eigenvalue weighted by Crippen LogP contribution is 2.31. The maximum atomic E-state index is 12.3. The van der Waals surface area contributed by atoms with E-state index < -0.39 is 12.6 Å². The van der Waals surface area contributed by atoms with Crippen LogP contribution in [0, 0.1) is 0 Å². The lowest BCUT2D eigenvalue weighted by Gasteiger charge is -2.20. The van der Waals surface area contributed by atoms with E-state index in [-0.39, 0.29) is 36.6 Å². The number of alkyl halides is 3. The van der Waals surface area contributed by atoms with Crippen LogP contribution in [0.5, 0.6) is 11.5 Å². The Kier molecular flexibility index (Phi) is 13.0. The average Bonchev–Trinajstić information content (AvgIpc) is 2.62. The largest absolute Gasteiger partial charge is 0.490 e. The van der Waals surface area contributed by atoms with Gasteiger partial charge in [0.2, 0.25) is 0 Å². The number of aliphatic imine (C=N–C) groups is 1. The summed E-state index contributed by atoms with van der Waals surface area (Å²) in [4.78, 5) is 3.97. The maximum absolute atomic E-state index is 12.3. The van der Waals surface area contributed by atoms with Gasteiger partial charge in [0.25, 0.3) is 0 Å². The number of rotatable bonds is 10. The predicted octanol–water partition coefficient (Wildman–Crippen LogP) is 5.06. The lowest BCUT2D eigenvalue weighted by molar-refractivity contribution is -0.132. The Labute approximate surface area is 182 Å². The van der Waals surface area contributed by atoms with Gasteiger partial charge in [0.05, 0.1) is 25.7 Å². The van der Waals surface area contributed by atoms with Crippen LogP contribution in [0.25, 0.3) is 0 Å². The van der Waals surface area contributed by atoms with E-state index in [1.54, 1.807) is 0 Å². The molecule has 5 nitrogen and oxygen atoms in total. The first-order valence-corrected chi connectivity index (χ1v) is 9.24. The molecule has 28 heavy (non-hydrogen) atoms. The van der Waals surface area contributed by atoms with Gasteiger partial charge >= 0.3 is 6.18 Å². The number of ether oxygens (including phenoxy) is 2. The molecule has 2 N–H and O–H groups in total. The Hall–Kier alpha value is -1.39. The van der Waals surface area contributed by atoms with Crippen LogP contribution in [0.1, 0.15) is 51.6 Å². The number of guanidine groups is 1. The monoisotopic (exact) mass is 517 g/mol. The molecule has 0 aliphatic carbocycles. The van der Waals surface area contributed by atoms with E-state index in [1.165, 1.54) is 7.05 Å². The van der Waals surface area contributed by atoms with Crippen LogP contribution in [0.15, 0.2) is 23.2 Å². The van der Waals surface area contributed by atoms with Gasteiger partial charge < -0.3 is 20.1 Å². The van der Waals surface area contributed by atoms with Crippen molar-refractivity contribution in [1.29, 1.82) is 0 Å². The summed E-state index contributed by atoms with van der Waals surface area (Å²) in [7, 11) is 1.52. The fourth-order valence-electron chi connectivity index (χ4n) is 2.26. The number of nitrogens with zero attached hydrogens (tertiary/aromatic N) is 1. The summed E-state index contributed by atoms with van der Waals surface area (Å²) in [5, 5.41) is 5.77. The van der Waals surface area contributed by atoms with Gasteiger partial charge in [-0.25, -0.2) is 0 Å². The van der Waals surface area contributed by atoms with Crippen molar-refractivity contribution in [1.82, 2.24) is 10.6 Å². The summed E-state index contributed by atoms with van der Waals surface area (Å²) < 4.78 is 48.4. The smallest absolute Gasteiger partial charge is 0.390 e. The highest BCUT2D eigenvalue weighted by Gasteiger charge is 2.26. The van der Waals surface area contributed by atoms with Gasteiger partial charge in [-0.2, -0.15) is 13.2 Å². The molecule has 0 saturated carbocycles. The Bertz CT molecular complexity index is 598. The Morgan fingerprint density at radius 1 is 1.11 bits per heavy atom. The van der Waals surface area contributed by atoms with Crippen molar-refractivity contribution < 1.29 is 22.6 Å². The highest BCUT2D eigenvalue weighted by molar-refractivity contribution is 14.0. The first kappa shape index (κ1) is 26.6. The topological polar surface area (TPSA) is 54.9 Å². The third kappa shape index (κ3) is 10.2. The van der Waals surface area contributed by atoms with Gasteiger partial charge in [-0.1, -0.05) is 19.9 Å². The molecule has 0 heterocycles. The summed E-state index contributed by atoms with van der Waals surface area (Å²) in [5.74, 6) is 1.67. The summed E-state index contributed by atoms with van der Waals surface area (Å²) in [6.07, 6.45) is -3.34. The Morgan fingerprint density at radius 2 is 1.71 bits per heavy atom. The molecule has 0 amide bonds. The molecule has 0 bridgehead atoms. The fourth-order valence-corrected chi connectivity index (χ4v) is 2.26. The molecule has 9 heteroatoms. The van der Waals surface area contributed by atoms with Crippen LogP contribution in [0.4, 0.5) is 13.2 Å². The number of hydrogen-bond acceptors (Lipinski definition) is 3. The van der Waals surface area contributed by atoms with Crippen LogP contribution < -0.4 is 20.1 Å². The molecule has 1 unspecified atom stereocenters. The van der Waals surface area contributed by atoms with Gasteiger partial charge in [-0.15, -0.1) is 24.0 Å². The maximum Gasteiger partial charge on any atom is 0.390 e. The molecule has 0 aliphatic rings. The van der Waals surface area contributed by atoms with Crippen molar-refractivity contribution in [2.75, 3.05) is 26.8 Å². The Balaban J connectivity index is 0.00000729. The highest BCUT2D eigenvalue weighted by atomic mass is 127. The van der Waals surface area contributed by atoms with Crippen LogP contribution in [0.3, 0.4) is 0 Å². The molecule has 1 atom stereocenters. The first-order chi connectivity index (χ1) is 12.8. The standard InChI is InChI=1S/C19H30F3N3O2.HI/c1-5-11-26-16-8-7-15(13-17(16)27-12-6-2)14(3)25-18(23-4)24-10-9-19(20,21)22;/h7-8,13-14H,5-6,9-12H2,1-4H3,(H2,23,24,25);1H. The zero-order valence-electron chi connectivity index (χ0n) is 16.9. The second kappa shape index (κ2) is 13.7. The lowest BCUT2D eigenvalue weighted by Crippen LogP contribution is -2.40. The van der Waals surface area contributed by atoms with E-state index in [0.29, 0.717) is 30.7 Å². The van der Waals surface area contributed by atoms with E-state index in [1.807, 2.05) is 39.0 Å². The number of hydrogen-bond donors (Lipinski definition) is 2. The molecule has 1 aromatic carbocycles. The van der Waals surface area contributed by atoms with Crippen molar-refractivity contribution in [3.63, 3.8) is 0 Å². The second-order valence-corrected chi connectivity index (χ2v) is 6.13. The molecule has 1 aromatic rings. The van der Waals surface area contributed by atoms with Crippen molar-refractivity contribution in [3.8, 4) is 11.5 Å². The molecular formula is C19H31F3IN3O2. The summed E-state index contributed by atoms with van der Waals surface area (Å²) in [6.45, 7) is 6.91. The summed E-state index contributed by atoms with van der Waals surface area (Å²) >= 11 is 0. The van der Waals surface area contributed by atoms with Crippen LogP contribution >= 0.6 is 24.0 Å². The van der Waals surface area contributed by atoms with E-state index in [9.17, 15) is 13.2 Å². The normalized spacial score (nSPS) is 12.8. The molecule has 0 fully saturated rings. The molecule has 1 rings (SSSR count). The second-order valence-electron chi connectivity index (χ2n) is 6.13. The van der Waals surface area contributed by atoms with Gasteiger partial charge in [0.1, 0.15) is 0 Å². The van der Waals surface area contributed by atoms with Crippen LogP contribution in [0.2, 0.25) is 0 Å². The van der Waals surface area contributed by atoms with Crippen molar-refractivity contribution in [2.24, 2.45) is 4.99 Å². The minimum Gasteiger partial charge on any atom is -0.490 e. The SMILES string of the molecule is CCCOc1ccc(C(C)NC(=NC)NCCC(F)(F)F)cc1OCCC.I. The molecule has 0 saturated heterocycles. The van der Waals surface area contributed by atoms with Gasteiger partial charge in [0.15, 0.2) is 17.5 Å². The molecule has 0 aromatic heterocycles. The van der Waals surface area contributed by atoms with Crippen molar-refractivity contribution >= 4 is 29.9 Å². The quantitative estimate of drug-likeness (QED) is 0.259. The molecule has 0 radical (unpaired) electrons. The van der Waals surface area contributed by atoms with Gasteiger partial charge in [-0.05, 0) is 37.5 Å². The summed E-state index contributed by atoms with van der Waals surface area (Å²) in [6, 6.07) is 5.48. The van der Waals surface area contributed by atoms with Crippen molar-refractivity contribution in [2.45, 2.75) is 52.3 Å². The zero-order chi connectivity index (χ0) is 20.3. The number of benzene rings is 1. The zero-order valence-corrected chi connectivity index (χ0v) is 19.2.